The molecule has 0 radical (unpaired) electrons. The van der Waals surface area contributed by atoms with Crippen LogP contribution in [-0.4, -0.2) is 24.5 Å². The zero-order chi connectivity index (χ0) is 13.0. The van der Waals surface area contributed by atoms with E-state index in [1.807, 2.05) is 0 Å². The Morgan fingerprint density at radius 3 is 2.47 bits per heavy atom. The second kappa shape index (κ2) is 8.11. The lowest BCUT2D eigenvalue weighted by Crippen LogP contribution is -2.53. The van der Waals surface area contributed by atoms with Crippen molar-refractivity contribution in [1.29, 1.82) is 0 Å². The van der Waals surface area contributed by atoms with E-state index in [2.05, 4.69) is 24.5 Å². The predicted molar refractivity (Wildman–Crippen MR) is 81.6 cm³/mol. The van der Waals surface area contributed by atoms with Crippen molar-refractivity contribution in [3.63, 3.8) is 0 Å². The first-order chi connectivity index (χ1) is 8.70. The first-order valence-electron chi connectivity index (χ1n) is 7.74. The summed E-state index contributed by atoms with van der Waals surface area (Å²) in [5.41, 5.74) is 0. The average molecular weight is 289 g/mol. The molecular weight excluding hydrogens is 260 g/mol. The van der Waals surface area contributed by atoms with Crippen LogP contribution in [0.4, 0.5) is 0 Å². The van der Waals surface area contributed by atoms with Crippen LogP contribution in [0, 0.1) is 11.8 Å². The molecule has 112 valence electrons. The second-order valence-electron chi connectivity index (χ2n) is 6.13. The van der Waals surface area contributed by atoms with Crippen molar-refractivity contribution in [3.8, 4) is 0 Å². The molecule has 2 N–H and O–H groups in total. The van der Waals surface area contributed by atoms with Crippen LogP contribution in [0.5, 0.6) is 0 Å². The molecule has 0 aromatic heterocycles. The number of hydrogen-bond donors (Lipinski definition) is 2. The van der Waals surface area contributed by atoms with Gasteiger partial charge in [-0.25, -0.2) is 0 Å². The lowest BCUT2D eigenvalue weighted by molar-refractivity contribution is -0.127. The minimum Gasteiger partial charge on any atom is -0.352 e. The molecule has 0 aromatic carbocycles. The van der Waals surface area contributed by atoms with Gasteiger partial charge in [0.05, 0.1) is 0 Å². The van der Waals surface area contributed by atoms with Gasteiger partial charge in [0, 0.05) is 18.0 Å². The minimum atomic E-state index is 0. The predicted octanol–water partition coefficient (Wildman–Crippen LogP) is 2.88. The third-order valence-corrected chi connectivity index (χ3v) is 4.88. The fourth-order valence-corrected chi connectivity index (χ4v) is 3.37. The lowest BCUT2D eigenvalue weighted by Gasteiger charge is -2.33. The first-order valence-corrected chi connectivity index (χ1v) is 7.74. The van der Waals surface area contributed by atoms with Gasteiger partial charge < -0.3 is 10.6 Å². The zero-order valence-corrected chi connectivity index (χ0v) is 13.1. The highest BCUT2D eigenvalue weighted by Crippen LogP contribution is 2.30. The Morgan fingerprint density at radius 2 is 1.89 bits per heavy atom. The van der Waals surface area contributed by atoms with Crippen molar-refractivity contribution >= 4 is 18.3 Å². The molecule has 2 rings (SSSR count). The SMILES string of the molecule is CCC1CCC(C(=O)NC2CCCNC2C)CC1.Cl. The van der Waals surface area contributed by atoms with Crippen molar-refractivity contribution in [2.75, 3.05) is 6.54 Å². The van der Waals surface area contributed by atoms with E-state index in [0.717, 1.165) is 31.7 Å². The van der Waals surface area contributed by atoms with Crippen molar-refractivity contribution in [2.24, 2.45) is 11.8 Å². The fourth-order valence-electron chi connectivity index (χ4n) is 3.37. The van der Waals surface area contributed by atoms with Crippen LogP contribution < -0.4 is 10.6 Å². The van der Waals surface area contributed by atoms with E-state index in [4.69, 9.17) is 0 Å². The molecule has 0 bridgehead atoms. The molecule has 2 atom stereocenters. The molecule has 19 heavy (non-hydrogen) atoms. The highest BCUT2D eigenvalue weighted by Gasteiger charge is 2.29. The van der Waals surface area contributed by atoms with Gasteiger partial charge in [-0.2, -0.15) is 0 Å². The molecule has 0 aromatic rings. The minimum absolute atomic E-state index is 0. The molecule has 2 fully saturated rings. The number of hydrogen-bond acceptors (Lipinski definition) is 2. The number of carbonyl (C=O) groups excluding carboxylic acids is 1. The average Bonchev–Trinajstić information content (AvgIpc) is 2.41. The number of amides is 1. The van der Waals surface area contributed by atoms with Crippen LogP contribution in [0.2, 0.25) is 0 Å². The number of halogens is 1. The molecule has 2 aliphatic rings. The molecule has 2 unspecified atom stereocenters. The van der Waals surface area contributed by atoms with Gasteiger partial charge in [-0.15, -0.1) is 12.4 Å². The van der Waals surface area contributed by atoms with Gasteiger partial charge in [0.25, 0.3) is 0 Å². The standard InChI is InChI=1S/C15H28N2O.ClH/c1-3-12-6-8-13(9-7-12)15(18)17-14-5-4-10-16-11(14)2;/h11-14,16H,3-10H2,1-2H3,(H,17,18);1H. The van der Waals surface area contributed by atoms with E-state index in [1.54, 1.807) is 0 Å². The monoisotopic (exact) mass is 288 g/mol. The van der Waals surface area contributed by atoms with Crippen LogP contribution in [0.3, 0.4) is 0 Å². The Hall–Kier alpha value is -0.280. The summed E-state index contributed by atoms with van der Waals surface area (Å²) in [4.78, 5) is 12.3. The normalized spacial score (nSPS) is 35.3. The smallest absolute Gasteiger partial charge is 0.223 e. The fraction of sp³-hybridized carbons (Fsp3) is 0.933. The van der Waals surface area contributed by atoms with Crippen molar-refractivity contribution in [2.45, 2.75) is 70.9 Å². The van der Waals surface area contributed by atoms with E-state index in [9.17, 15) is 4.79 Å². The summed E-state index contributed by atoms with van der Waals surface area (Å²) in [7, 11) is 0. The van der Waals surface area contributed by atoms with Crippen LogP contribution in [0.25, 0.3) is 0 Å². The number of rotatable bonds is 3. The van der Waals surface area contributed by atoms with Crippen molar-refractivity contribution in [1.82, 2.24) is 10.6 Å². The third kappa shape index (κ3) is 4.64. The molecule has 1 aliphatic carbocycles. The molecule has 1 aliphatic heterocycles. The summed E-state index contributed by atoms with van der Waals surface area (Å²) in [6.45, 7) is 5.54. The Morgan fingerprint density at radius 1 is 1.21 bits per heavy atom. The van der Waals surface area contributed by atoms with Gasteiger partial charge in [-0.1, -0.05) is 13.3 Å². The highest BCUT2D eigenvalue weighted by atomic mass is 35.5. The van der Waals surface area contributed by atoms with Crippen LogP contribution in [-0.2, 0) is 4.79 Å². The van der Waals surface area contributed by atoms with E-state index in [0.29, 0.717) is 18.0 Å². The Bertz CT molecular complexity index is 277. The summed E-state index contributed by atoms with van der Waals surface area (Å²) in [6, 6.07) is 0.768. The van der Waals surface area contributed by atoms with Gasteiger partial charge in [0.2, 0.25) is 5.91 Å². The third-order valence-electron chi connectivity index (χ3n) is 4.88. The molecule has 1 saturated carbocycles. The Kier molecular flexibility index (Phi) is 7.16. The van der Waals surface area contributed by atoms with Crippen molar-refractivity contribution in [3.05, 3.63) is 0 Å². The maximum Gasteiger partial charge on any atom is 0.223 e. The molecule has 3 nitrogen and oxygen atoms in total. The molecule has 1 amide bonds. The largest absolute Gasteiger partial charge is 0.352 e. The maximum absolute atomic E-state index is 12.3. The van der Waals surface area contributed by atoms with Gasteiger partial charge in [0.1, 0.15) is 0 Å². The van der Waals surface area contributed by atoms with Crippen LogP contribution in [0.15, 0.2) is 0 Å². The van der Waals surface area contributed by atoms with E-state index in [1.165, 1.54) is 25.7 Å². The number of nitrogens with one attached hydrogen (secondary N) is 2. The summed E-state index contributed by atoms with van der Waals surface area (Å²) < 4.78 is 0. The maximum atomic E-state index is 12.3. The number of carbonyl (C=O) groups is 1. The molecule has 1 saturated heterocycles. The summed E-state index contributed by atoms with van der Waals surface area (Å²) >= 11 is 0. The van der Waals surface area contributed by atoms with Gasteiger partial charge in [-0.05, 0) is 57.9 Å². The van der Waals surface area contributed by atoms with Crippen LogP contribution >= 0.6 is 12.4 Å². The molecule has 1 heterocycles. The molecule has 4 heteroatoms. The summed E-state index contributed by atoms with van der Waals surface area (Å²) in [5, 5.41) is 6.71. The quantitative estimate of drug-likeness (QED) is 0.838. The zero-order valence-electron chi connectivity index (χ0n) is 12.3. The summed E-state index contributed by atoms with van der Waals surface area (Å²) in [5.74, 6) is 1.45. The van der Waals surface area contributed by atoms with Gasteiger partial charge >= 0.3 is 0 Å². The second-order valence-corrected chi connectivity index (χ2v) is 6.13. The highest BCUT2D eigenvalue weighted by molar-refractivity contribution is 5.85. The van der Waals surface area contributed by atoms with Gasteiger partial charge in [0.15, 0.2) is 0 Å². The Balaban J connectivity index is 0.00000180. The molecule has 0 spiro atoms. The van der Waals surface area contributed by atoms with Crippen LogP contribution in [0.1, 0.15) is 58.8 Å². The number of piperidine rings is 1. The van der Waals surface area contributed by atoms with E-state index < -0.39 is 0 Å². The van der Waals surface area contributed by atoms with E-state index in [-0.39, 0.29) is 18.3 Å². The molecular formula is C15H29ClN2O. The topological polar surface area (TPSA) is 41.1 Å². The van der Waals surface area contributed by atoms with E-state index >= 15 is 0 Å². The summed E-state index contributed by atoms with van der Waals surface area (Å²) in [6.07, 6.45) is 8.26. The lowest BCUT2D eigenvalue weighted by atomic mass is 9.80. The van der Waals surface area contributed by atoms with Crippen molar-refractivity contribution < 1.29 is 4.79 Å². The Labute approximate surface area is 123 Å². The first kappa shape index (κ1) is 16.8. The van der Waals surface area contributed by atoms with Gasteiger partial charge in [-0.3, -0.25) is 4.79 Å².